The monoisotopic (exact) mass is 265 g/mol. The molecule has 0 aliphatic carbocycles. The largest absolute Gasteiger partial charge is 0.480 e. The second-order valence-electron chi connectivity index (χ2n) is 4.44. The van der Waals surface area contributed by atoms with Gasteiger partial charge in [0.15, 0.2) is 0 Å². The number of aromatic nitrogens is 1. The van der Waals surface area contributed by atoms with Crippen molar-refractivity contribution in [3.8, 4) is 0 Å². The predicted molar refractivity (Wildman–Crippen MR) is 70.8 cm³/mol. The van der Waals surface area contributed by atoms with Crippen molar-refractivity contribution in [1.82, 2.24) is 15.6 Å². The number of pyridine rings is 1. The van der Waals surface area contributed by atoms with Crippen molar-refractivity contribution < 1.29 is 14.7 Å². The molecule has 1 aromatic heterocycles. The fourth-order valence-corrected chi connectivity index (χ4v) is 1.44. The van der Waals surface area contributed by atoms with Gasteiger partial charge in [-0.25, -0.2) is 9.59 Å². The van der Waals surface area contributed by atoms with Gasteiger partial charge in [-0.1, -0.05) is 13.0 Å². The molecule has 0 saturated heterocycles. The van der Waals surface area contributed by atoms with Gasteiger partial charge in [0.05, 0.1) is 0 Å². The number of nitrogens with zero attached hydrogens (tertiary/aromatic N) is 1. The van der Waals surface area contributed by atoms with Crippen molar-refractivity contribution in [1.29, 1.82) is 0 Å². The van der Waals surface area contributed by atoms with Crippen molar-refractivity contribution in [2.45, 2.75) is 32.2 Å². The maximum atomic E-state index is 11.6. The van der Waals surface area contributed by atoms with Gasteiger partial charge in [-0.2, -0.15) is 0 Å². The van der Waals surface area contributed by atoms with E-state index in [2.05, 4.69) is 15.6 Å². The van der Waals surface area contributed by atoms with Crippen LogP contribution in [0.25, 0.3) is 0 Å². The molecule has 1 heterocycles. The Morgan fingerprint density at radius 3 is 2.68 bits per heavy atom. The molecule has 0 bridgehead atoms. The molecule has 3 N–H and O–H groups in total. The molecule has 1 rings (SSSR count). The molecule has 104 valence electrons. The van der Waals surface area contributed by atoms with E-state index in [4.69, 9.17) is 5.11 Å². The van der Waals surface area contributed by atoms with Gasteiger partial charge in [-0.15, -0.1) is 0 Å². The first kappa shape index (κ1) is 14.9. The lowest BCUT2D eigenvalue weighted by Crippen LogP contribution is -2.55. The maximum absolute atomic E-state index is 11.6. The molecule has 1 aromatic rings. The third kappa shape index (κ3) is 4.57. The summed E-state index contributed by atoms with van der Waals surface area (Å²) in [6.07, 6.45) is 2.61. The Morgan fingerprint density at radius 2 is 2.16 bits per heavy atom. The quantitative estimate of drug-likeness (QED) is 0.720. The number of hydrogen-bond donors (Lipinski definition) is 3. The molecule has 6 heteroatoms. The second kappa shape index (κ2) is 6.72. The minimum atomic E-state index is -1.24. The van der Waals surface area contributed by atoms with E-state index < -0.39 is 17.5 Å². The van der Waals surface area contributed by atoms with Crippen LogP contribution < -0.4 is 10.6 Å². The lowest BCUT2D eigenvalue weighted by atomic mass is 10.00. The number of urea groups is 1. The van der Waals surface area contributed by atoms with Crippen molar-refractivity contribution in [3.63, 3.8) is 0 Å². The standard InChI is InChI=1S/C13H19N3O3/c1-3-13(2,11(17)18)16-12(19)15-9-7-10-6-4-5-8-14-10/h4-6,8H,3,7,9H2,1-2H3,(H,17,18)(H2,15,16,19). The van der Waals surface area contributed by atoms with Crippen LogP contribution in [0.5, 0.6) is 0 Å². The Kier molecular flexibility index (Phi) is 5.29. The Balaban J connectivity index is 2.38. The van der Waals surface area contributed by atoms with Gasteiger partial charge in [0.2, 0.25) is 0 Å². The number of carboxylic acids is 1. The third-order valence-corrected chi connectivity index (χ3v) is 2.96. The van der Waals surface area contributed by atoms with Crippen LogP contribution in [-0.2, 0) is 11.2 Å². The van der Waals surface area contributed by atoms with Gasteiger partial charge in [0, 0.05) is 24.9 Å². The van der Waals surface area contributed by atoms with Crippen LogP contribution in [0.1, 0.15) is 26.0 Å². The van der Waals surface area contributed by atoms with E-state index in [1.54, 1.807) is 13.1 Å². The minimum Gasteiger partial charge on any atom is -0.480 e. The smallest absolute Gasteiger partial charge is 0.329 e. The fraction of sp³-hybridized carbons (Fsp3) is 0.462. The second-order valence-corrected chi connectivity index (χ2v) is 4.44. The Morgan fingerprint density at radius 1 is 1.42 bits per heavy atom. The molecule has 1 unspecified atom stereocenters. The van der Waals surface area contributed by atoms with Crippen LogP contribution in [0.15, 0.2) is 24.4 Å². The first-order chi connectivity index (χ1) is 8.98. The van der Waals surface area contributed by atoms with Gasteiger partial charge in [0.1, 0.15) is 5.54 Å². The summed E-state index contributed by atoms with van der Waals surface area (Å²) in [4.78, 5) is 26.8. The summed E-state index contributed by atoms with van der Waals surface area (Å²) in [5, 5.41) is 14.1. The molecule has 19 heavy (non-hydrogen) atoms. The number of rotatable bonds is 6. The summed E-state index contributed by atoms with van der Waals surface area (Å²) in [6, 6.07) is 5.08. The zero-order valence-corrected chi connectivity index (χ0v) is 11.1. The molecule has 0 spiro atoms. The van der Waals surface area contributed by atoms with Gasteiger partial charge < -0.3 is 15.7 Å². The number of carboxylic acid groups (broad SMARTS) is 1. The molecule has 0 aromatic carbocycles. The lowest BCUT2D eigenvalue weighted by molar-refractivity contribution is -0.143. The van der Waals surface area contributed by atoms with Gasteiger partial charge in [-0.3, -0.25) is 4.98 Å². The summed E-state index contributed by atoms with van der Waals surface area (Å²) in [6.45, 7) is 3.60. The molecule has 2 amide bonds. The average molecular weight is 265 g/mol. The summed E-state index contributed by atoms with van der Waals surface area (Å²) >= 11 is 0. The van der Waals surface area contributed by atoms with Crippen LogP contribution in [0, 0.1) is 0 Å². The first-order valence-corrected chi connectivity index (χ1v) is 6.17. The average Bonchev–Trinajstić information content (AvgIpc) is 2.39. The van der Waals surface area contributed by atoms with Crippen molar-refractivity contribution in [2.75, 3.05) is 6.54 Å². The minimum absolute atomic E-state index is 0.315. The molecule has 6 nitrogen and oxygen atoms in total. The third-order valence-electron chi connectivity index (χ3n) is 2.96. The fourth-order valence-electron chi connectivity index (χ4n) is 1.44. The number of nitrogens with one attached hydrogen (secondary N) is 2. The molecule has 0 saturated carbocycles. The molecule has 0 fully saturated rings. The summed E-state index contributed by atoms with van der Waals surface area (Å²) < 4.78 is 0. The number of carbonyl (C=O) groups is 2. The van der Waals surface area contributed by atoms with E-state index in [0.717, 1.165) is 5.69 Å². The van der Waals surface area contributed by atoms with Gasteiger partial charge in [-0.05, 0) is 25.5 Å². The molecular formula is C13H19N3O3. The topological polar surface area (TPSA) is 91.3 Å². The van der Waals surface area contributed by atoms with Crippen LogP contribution in [0.4, 0.5) is 4.79 Å². The van der Waals surface area contributed by atoms with Crippen molar-refractivity contribution in [3.05, 3.63) is 30.1 Å². The van der Waals surface area contributed by atoms with E-state index >= 15 is 0 Å². The molecular weight excluding hydrogens is 246 g/mol. The van der Waals surface area contributed by atoms with Crippen LogP contribution in [-0.4, -0.2) is 34.2 Å². The predicted octanol–water partition coefficient (Wildman–Crippen LogP) is 1.18. The van der Waals surface area contributed by atoms with Gasteiger partial charge >= 0.3 is 12.0 Å². The van der Waals surface area contributed by atoms with Crippen LogP contribution in [0.2, 0.25) is 0 Å². The highest BCUT2D eigenvalue weighted by atomic mass is 16.4. The number of aliphatic carboxylic acids is 1. The zero-order chi connectivity index (χ0) is 14.3. The van der Waals surface area contributed by atoms with Gasteiger partial charge in [0.25, 0.3) is 0 Å². The normalized spacial score (nSPS) is 13.4. The Labute approximate surface area is 112 Å². The van der Waals surface area contributed by atoms with Crippen molar-refractivity contribution in [2.24, 2.45) is 0 Å². The molecule has 0 radical (unpaired) electrons. The Hall–Kier alpha value is -2.11. The van der Waals surface area contributed by atoms with E-state index in [1.807, 2.05) is 18.2 Å². The highest BCUT2D eigenvalue weighted by Crippen LogP contribution is 2.08. The van der Waals surface area contributed by atoms with E-state index in [9.17, 15) is 9.59 Å². The molecule has 0 aliphatic rings. The molecule has 1 atom stereocenters. The van der Waals surface area contributed by atoms with Crippen LogP contribution >= 0.6 is 0 Å². The first-order valence-electron chi connectivity index (χ1n) is 6.17. The van der Waals surface area contributed by atoms with Crippen molar-refractivity contribution >= 4 is 12.0 Å². The summed E-state index contributed by atoms with van der Waals surface area (Å²) in [7, 11) is 0. The summed E-state index contributed by atoms with van der Waals surface area (Å²) in [5.74, 6) is -1.05. The van der Waals surface area contributed by atoms with E-state index in [1.165, 1.54) is 6.92 Å². The maximum Gasteiger partial charge on any atom is 0.329 e. The lowest BCUT2D eigenvalue weighted by Gasteiger charge is -2.24. The summed E-state index contributed by atoms with van der Waals surface area (Å²) in [5.41, 5.74) is -0.367. The molecule has 0 aliphatic heterocycles. The highest BCUT2D eigenvalue weighted by Gasteiger charge is 2.32. The number of amides is 2. The highest BCUT2D eigenvalue weighted by molar-refractivity contribution is 5.85. The number of hydrogen-bond acceptors (Lipinski definition) is 3. The SMILES string of the molecule is CCC(C)(NC(=O)NCCc1ccccn1)C(=O)O. The van der Waals surface area contributed by atoms with E-state index in [0.29, 0.717) is 19.4 Å². The zero-order valence-electron chi connectivity index (χ0n) is 11.1. The Bertz CT molecular complexity index is 436. The van der Waals surface area contributed by atoms with E-state index in [-0.39, 0.29) is 0 Å². The van der Waals surface area contributed by atoms with Crippen LogP contribution in [0.3, 0.4) is 0 Å². The number of carbonyl (C=O) groups excluding carboxylic acids is 1.